The summed E-state index contributed by atoms with van der Waals surface area (Å²) in [5.74, 6) is -0.141. The summed E-state index contributed by atoms with van der Waals surface area (Å²) in [6, 6.07) is 31.0. The number of amides is 1. The van der Waals surface area contributed by atoms with Crippen LogP contribution in [0.15, 0.2) is 104 Å². The second kappa shape index (κ2) is 10.4. The number of rotatable bonds is 10. The van der Waals surface area contributed by atoms with Crippen LogP contribution in [0.3, 0.4) is 0 Å². The molecule has 3 nitrogen and oxygen atoms in total. The van der Waals surface area contributed by atoms with Gasteiger partial charge in [0, 0.05) is 13.2 Å². The molecule has 3 heteroatoms. The van der Waals surface area contributed by atoms with Gasteiger partial charge >= 0.3 is 0 Å². The lowest BCUT2D eigenvalue weighted by Gasteiger charge is -2.36. The molecule has 0 atom stereocenters. The van der Waals surface area contributed by atoms with E-state index in [0.717, 1.165) is 29.5 Å². The van der Waals surface area contributed by atoms with Gasteiger partial charge in [0.05, 0.1) is 0 Å². The number of carbonyl (C=O) groups is 1. The molecular formula is C26H27NO2. The first-order valence-corrected chi connectivity index (χ1v) is 9.98. The standard InChI is InChI=1S/C26H27NO2/c1-2-25(28)27-20-12-13-21-29-26(22-14-6-3-7-15-22,23-16-8-4-9-17-23)24-18-10-5-11-19-24/h2-11,14-19H,1,12-13,20-21H2,(H,27,28). The summed E-state index contributed by atoms with van der Waals surface area (Å²) < 4.78 is 6.69. The molecule has 0 fully saturated rings. The van der Waals surface area contributed by atoms with E-state index in [-0.39, 0.29) is 5.91 Å². The molecule has 3 rings (SSSR count). The number of hydrogen-bond donors (Lipinski definition) is 1. The summed E-state index contributed by atoms with van der Waals surface area (Å²) in [5, 5.41) is 2.81. The zero-order valence-corrected chi connectivity index (χ0v) is 16.6. The van der Waals surface area contributed by atoms with Gasteiger partial charge in [-0.1, -0.05) is 97.6 Å². The van der Waals surface area contributed by atoms with Gasteiger partial charge in [-0.2, -0.15) is 0 Å². The van der Waals surface area contributed by atoms with Crippen molar-refractivity contribution in [2.45, 2.75) is 18.4 Å². The van der Waals surface area contributed by atoms with Crippen LogP contribution in [0, 0.1) is 0 Å². The maximum atomic E-state index is 11.3. The van der Waals surface area contributed by atoms with Crippen LogP contribution in [0.1, 0.15) is 29.5 Å². The Balaban J connectivity index is 1.89. The Morgan fingerprint density at radius 2 is 1.24 bits per heavy atom. The lowest BCUT2D eigenvalue weighted by Crippen LogP contribution is -2.33. The largest absolute Gasteiger partial charge is 0.361 e. The molecule has 0 spiro atoms. The van der Waals surface area contributed by atoms with Crippen molar-refractivity contribution in [3.63, 3.8) is 0 Å². The van der Waals surface area contributed by atoms with Crippen LogP contribution in [-0.2, 0) is 15.1 Å². The molecule has 1 N–H and O–H groups in total. The molecule has 1 amide bonds. The highest BCUT2D eigenvalue weighted by atomic mass is 16.5. The van der Waals surface area contributed by atoms with Crippen molar-refractivity contribution in [3.05, 3.63) is 120 Å². The maximum absolute atomic E-state index is 11.3. The molecule has 0 aliphatic heterocycles. The van der Waals surface area contributed by atoms with E-state index in [1.165, 1.54) is 6.08 Å². The van der Waals surface area contributed by atoms with E-state index < -0.39 is 5.60 Å². The quantitative estimate of drug-likeness (QED) is 0.300. The summed E-state index contributed by atoms with van der Waals surface area (Å²) in [4.78, 5) is 11.3. The summed E-state index contributed by atoms with van der Waals surface area (Å²) in [6.07, 6.45) is 2.97. The first-order valence-electron chi connectivity index (χ1n) is 9.98. The van der Waals surface area contributed by atoms with Gasteiger partial charge in [0.25, 0.3) is 0 Å². The van der Waals surface area contributed by atoms with Gasteiger partial charge in [0.2, 0.25) is 5.91 Å². The molecule has 148 valence electrons. The molecule has 0 aromatic heterocycles. The maximum Gasteiger partial charge on any atom is 0.243 e. The number of carbonyl (C=O) groups excluding carboxylic acids is 1. The number of benzene rings is 3. The SMILES string of the molecule is C=CC(=O)NCCCCOC(c1ccccc1)(c1ccccc1)c1ccccc1. The Morgan fingerprint density at radius 3 is 1.66 bits per heavy atom. The van der Waals surface area contributed by atoms with Gasteiger partial charge in [0.15, 0.2) is 0 Å². The minimum atomic E-state index is -0.686. The third-order valence-electron chi connectivity index (χ3n) is 4.92. The molecule has 0 radical (unpaired) electrons. The third kappa shape index (κ3) is 5.01. The van der Waals surface area contributed by atoms with Crippen molar-refractivity contribution in [1.82, 2.24) is 5.32 Å². The predicted octanol–water partition coefficient (Wildman–Crippen LogP) is 5.08. The topological polar surface area (TPSA) is 38.3 Å². The fraction of sp³-hybridized carbons (Fsp3) is 0.192. The van der Waals surface area contributed by atoms with Crippen LogP contribution in [0.5, 0.6) is 0 Å². The Bertz CT molecular complexity index is 795. The van der Waals surface area contributed by atoms with Crippen molar-refractivity contribution in [3.8, 4) is 0 Å². The van der Waals surface area contributed by atoms with Gasteiger partial charge in [-0.25, -0.2) is 0 Å². The van der Waals surface area contributed by atoms with Gasteiger partial charge < -0.3 is 10.1 Å². The molecule has 0 saturated heterocycles. The zero-order valence-electron chi connectivity index (χ0n) is 16.6. The summed E-state index contributed by atoms with van der Waals surface area (Å²) in [5.41, 5.74) is 2.60. The summed E-state index contributed by atoms with van der Waals surface area (Å²) in [7, 11) is 0. The highest BCUT2D eigenvalue weighted by Crippen LogP contribution is 2.40. The van der Waals surface area contributed by atoms with Crippen molar-refractivity contribution in [2.24, 2.45) is 0 Å². The lowest BCUT2D eigenvalue weighted by molar-refractivity contribution is -0.116. The van der Waals surface area contributed by atoms with Crippen LogP contribution in [0.4, 0.5) is 0 Å². The Hall–Kier alpha value is -3.17. The molecule has 0 saturated carbocycles. The van der Waals surface area contributed by atoms with Gasteiger partial charge in [-0.3, -0.25) is 4.79 Å². The van der Waals surface area contributed by atoms with E-state index in [2.05, 4.69) is 48.3 Å². The van der Waals surface area contributed by atoms with E-state index in [4.69, 9.17) is 4.74 Å². The average Bonchev–Trinajstić information content (AvgIpc) is 2.80. The van der Waals surface area contributed by atoms with Crippen molar-refractivity contribution in [1.29, 1.82) is 0 Å². The fourth-order valence-electron chi connectivity index (χ4n) is 3.50. The van der Waals surface area contributed by atoms with Crippen molar-refractivity contribution >= 4 is 5.91 Å². The monoisotopic (exact) mass is 385 g/mol. The normalized spacial score (nSPS) is 11.0. The van der Waals surface area contributed by atoms with Crippen molar-refractivity contribution in [2.75, 3.05) is 13.2 Å². The van der Waals surface area contributed by atoms with Gasteiger partial charge in [-0.05, 0) is 35.6 Å². The van der Waals surface area contributed by atoms with Crippen LogP contribution in [0.2, 0.25) is 0 Å². The molecule has 0 heterocycles. The van der Waals surface area contributed by atoms with Crippen LogP contribution < -0.4 is 5.32 Å². The molecular weight excluding hydrogens is 358 g/mol. The molecule has 0 aliphatic rings. The second-order valence-electron chi connectivity index (χ2n) is 6.83. The van der Waals surface area contributed by atoms with Crippen LogP contribution >= 0.6 is 0 Å². The molecule has 0 unspecified atom stereocenters. The predicted molar refractivity (Wildman–Crippen MR) is 118 cm³/mol. The molecule has 0 aliphatic carbocycles. The number of ether oxygens (including phenoxy) is 1. The lowest BCUT2D eigenvalue weighted by atomic mass is 9.80. The van der Waals surface area contributed by atoms with Crippen LogP contribution in [-0.4, -0.2) is 19.1 Å². The Labute approximate surface area is 173 Å². The smallest absolute Gasteiger partial charge is 0.243 e. The summed E-state index contributed by atoms with van der Waals surface area (Å²) >= 11 is 0. The fourth-order valence-corrected chi connectivity index (χ4v) is 3.50. The molecule has 3 aromatic rings. The molecule has 3 aromatic carbocycles. The van der Waals surface area contributed by atoms with E-state index in [9.17, 15) is 4.79 Å². The van der Waals surface area contributed by atoms with E-state index >= 15 is 0 Å². The van der Waals surface area contributed by atoms with Gasteiger partial charge in [0.1, 0.15) is 5.60 Å². The highest BCUT2D eigenvalue weighted by molar-refractivity contribution is 5.86. The second-order valence-corrected chi connectivity index (χ2v) is 6.83. The van der Waals surface area contributed by atoms with Gasteiger partial charge in [-0.15, -0.1) is 0 Å². The Kier molecular flexibility index (Phi) is 7.37. The molecule has 29 heavy (non-hydrogen) atoms. The molecule has 0 bridgehead atoms. The summed E-state index contributed by atoms with van der Waals surface area (Å²) in [6.45, 7) is 4.66. The third-order valence-corrected chi connectivity index (χ3v) is 4.92. The zero-order chi connectivity index (χ0) is 20.4. The number of unbranched alkanes of at least 4 members (excludes halogenated alkanes) is 1. The minimum absolute atomic E-state index is 0.141. The number of nitrogens with one attached hydrogen (secondary N) is 1. The Morgan fingerprint density at radius 1 is 0.793 bits per heavy atom. The first kappa shape index (κ1) is 20.6. The van der Waals surface area contributed by atoms with Crippen LogP contribution in [0.25, 0.3) is 0 Å². The van der Waals surface area contributed by atoms with Crippen molar-refractivity contribution < 1.29 is 9.53 Å². The van der Waals surface area contributed by atoms with E-state index in [1.54, 1.807) is 0 Å². The number of hydrogen-bond acceptors (Lipinski definition) is 2. The highest BCUT2D eigenvalue weighted by Gasteiger charge is 2.37. The average molecular weight is 386 g/mol. The minimum Gasteiger partial charge on any atom is -0.361 e. The first-order chi connectivity index (χ1) is 14.3. The van der Waals surface area contributed by atoms with E-state index in [0.29, 0.717) is 13.2 Å². The van der Waals surface area contributed by atoms with E-state index in [1.807, 2.05) is 54.6 Å².